The van der Waals surface area contributed by atoms with Crippen molar-refractivity contribution < 1.29 is 9.47 Å². The van der Waals surface area contributed by atoms with E-state index in [9.17, 15) is 0 Å². The molecule has 3 nitrogen and oxygen atoms in total. The third kappa shape index (κ3) is 1.92. The van der Waals surface area contributed by atoms with E-state index >= 15 is 0 Å². The van der Waals surface area contributed by atoms with E-state index in [0.717, 1.165) is 18.0 Å². The third-order valence-electron chi connectivity index (χ3n) is 2.71. The molecule has 0 unspecified atom stereocenters. The standard InChI is InChI=1S/C12H17NO2/c1-4-13-12(2,3)9-5-6-10-11(7-9)15-8-14-10/h5-7,13H,4,8H2,1-3H3. The van der Waals surface area contributed by atoms with Crippen molar-refractivity contribution in [3.05, 3.63) is 23.8 Å². The Bertz CT molecular complexity index is 361. The second kappa shape index (κ2) is 3.74. The first kappa shape index (κ1) is 10.3. The van der Waals surface area contributed by atoms with Gasteiger partial charge in [-0.25, -0.2) is 0 Å². The van der Waals surface area contributed by atoms with Crippen molar-refractivity contribution in [2.24, 2.45) is 0 Å². The van der Waals surface area contributed by atoms with E-state index in [-0.39, 0.29) is 5.54 Å². The van der Waals surface area contributed by atoms with Crippen LogP contribution in [0.3, 0.4) is 0 Å². The van der Waals surface area contributed by atoms with Crippen molar-refractivity contribution in [2.75, 3.05) is 13.3 Å². The van der Waals surface area contributed by atoms with Crippen LogP contribution < -0.4 is 14.8 Å². The molecular formula is C12H17NO2. The first-order chi connectivity index (χ1) is 7.13. The molecule has 0 amide bonds. The first-order valence-corrected chi connectivity index (χ1v) is 5.28. The molecule has 1 aromatic rings. The molecule has 0 atom stereocenters. The fourth-order valence-electron chi connectivity index (χ4n) is 1.83. The molecule has 0 fully saturated rings. The number of hydrogen-bond donors (Lipinski definition) is 1. The molecule has 3 heteroatoms. The van der Waals surface area contributed by atoms with E-state index in [1.807, 2.05) is 12.1 Å². The summed E-state index contributed by atoms with van der Waals surface area (Å²) in [7, 11) is 0. The Balaban J connectivity index is 2.29. The average molecular weight is 207 g/mol. The van der Waals surface area contributed by atoms with Crippen LogP contribution in [0.4, 0.5) is 0 Å². The van der Waals surface area contributed by atoms with Gasteiger partial charge in [-0.15, -0.1) is 0 Å². The first-order valence-electron chi connectivity index (χ1n) is 5.28. The molecule has 0 aromatic heterocycles. The van der Waals surface area contributed by atoms with E-state index in [4.69, 9.17) is 9.47 Å². The summed E-state index contributed by atoms with van der Waals surface area (Å²) in [4.78, 5) is 0. The monoisotopic (exact) mass is 207 g/mol. The second-order valence-corrected chi connectivity index (χ2v) is 4.22. The van der Waals surface area contributed by atoms with Gasteiger partial charge in [0.15, 0.2) is 11.5 Å². The fraction of sp³-hybridized carbons (Fsp3) is 0.500. The predicted molar refractivity (Wildman–Crippen MR) is 59.3 cm³/mol. The zero-order valence-corrected chi connectivity index (χ0v) is 9.46. The van der Waals surface area contributed by atoms with Crippen LogP contribution in [0.15, 0.2) is 18.2 Å². The summed E-state index contributed by atoms with van der Waals surface area (Å²) in [5, 5.41) is 3.43. The summed E-state index contributed by atoms with van der Waals surface area (Å²) in [6.07, 6.45) is 0. The maximum atomic E-state index is 5.36. The maximum absolute atomic E-state index is 5.36. The number of fused-ring (bicyclic) bond motifs is 1. The lowest BCUT2D eigenvalue weighted by Gasteiger charge is -2.26. The Kier molecular flexibility index (Phi) is 2.57. The van der Waals surface area contributed by atoms with Crippen molar-refractivity contribution in [3.63, 3.8) is 0 Å². The van der Waals surface area contributed by atoms with Gasteiger partial charge in [0.05, 0.1) is 0 Å². The minimum Gasteiger partial charge on any atom is -0.454 e. The van der Waals surface area contributed by atoms with Gasteiger partial charge in [-0.3, -0.25) is 0 Å². The van der Waals surface area contributed by atoms with Gasteiger partial charge in [0.2, 0.25) is 6.79 Å². The Hall–Kier alpha value is -1.22. The Morgan fingerprint density at radius 3 is 2.73 bits per heavy atom. The molecular weight excluding hydrogens is 190 g/mol. The lowest BCUT2D eigenvalue weighted by atomic mass is 9.94. The SMILES string of the molecule is CCNC(C)(C)c1ccc2c(c1)OCO2. The molecule has 0 saturated heterocycles. The predicted octanol–water partition coefficient (Wildman–Crippen LogP) is 2.26. The molecule has 1 aromatic carbocycles. The van der Waals surface area contributed by atoms with Crippen molar-refractivity contribution in [1.82, 2.24) is 5.32 Å². The molecule has 1 heterocycles. The highest BCUT2D eigenvalue weighted by Crippen LogP contribution is 2.35. The zero-order chi connectivity index (χ0) is 10.9. The van der Waals surface area contributed by atoms with Gasteiger partial charge in [0.1, 0.15) is 0 Å². The highest BCUT2D eigenvalue weighted by Gasteiger charge is 2.22. The quantitative estimate of drug-likeness (QED) is 0.824. The van der Waals surface area contributed by atoms with Crippen LogP contribution in [0, 0.1) is 0 Å². The summed E-state index contributed by atoms with van der Waals surface area (Å²) in [5.41, 5.74) is 1.18. The number of rotatable bonds is 3. The molecule has 0 aliphatic carbocycles. The Morgan fingerprint density at radius 2 is 2.00 bits per heavy atom. The highest BCUT2D eigenvalue weighted by molar-refractivity contribution is 5.46. The molecule has 15 heavy (non-hydrogen) atoms. The van der Waals surface area contributed by atoms with E-state index in [0.29, 0.717) is 6.79 Å². The van der Waals surface area contributed by atoms with Gasteiger partial charge in [-0.1, -0.05) is 13.0 Å². The van der Waals surface area contributed by atoms with E-state index in [2.05, 4.69) is 32.2 Å². The number of ether oxygens (including phenoxy) is 2. The highest BCUT2D eigenvalue weighted by atomic mass is 16.7. The molecule has 0 bridgehead atoms. The van der Waals surface area contributed by atoms with Gasteiger partial charge in [-0.2, -0.15) is 0 Å². The van der Waals surface area contributed by atoms with Crippen LogP contribution >= 0.6 is 0 Å². The Labute approximate surface area is 90.4 Å². The number of hydrogen-bond acceptors (Lipinski definition) is 3. The molecule has 1 aliphatic heterocycles. The average Bonchev–Trinajstić information content (AvgIpc) is 2.63. The van der Waals surface area contributed by atoms with Crippen molar-refractivity contribution in [3.8, 4) is 11.5 Å². The fourth-order valence-corrected chi connectivity index (χ4v) is 1.83. The molecule has 0 saturated carbocycles. The van der Waals surface area contributed by atoms with Crippen molar-refractivity contribution >= 4 is 0 Å². The number of benzene rings is 1. The van der Waals surface area contributed by atoms with Crippen LogP contribution in [0.1, 0.15) is 26.3 Å². The molecule has 2 rings (SSSR count). The van der Waals surface area contributed by atoms with Gasteiger partial charge >= 0.3 is 0 Å². The second-order valence-electron chi connectivity index (χ2n) is 4.22. The largest absolute Gasteiger partial charge is 0.454 e. The van der Waals surface area contributed by atoms with Gasteiger partial charge in [0, 0.05) is 5.54 Å². The summed E-state index contributed by atoms with van der Waals surface area (Å²) in [6.45, 7) is 7.71. The Morgan fingerprint density at radius 1 is 1.27 bits per heavy atom. The van der Waals surface area contributed by atoms with Gasteiger partial charge < -0.3 is 14.8 Å². The van der Waals surface area contributed by atoms with Crippen LogP contribution in [0.25, 0.3) is 0 Å². The normalized spacial score (nSPS) is 14.3. The summed E-state index contributed by atoms with van der Waals surface area (Å²) in [6, 6.07) is 6.10. The summed E-state index contributed by atoms with van der Waals surface area (Å²) >= 11 is 0. The lowest BCUT2D eigenvalue weighted by molar-refractivity contribution is 0.174. The minimum atomic E-state index is -0.0320. The van der Waals surface area contributed by atoms with Crippen molar-refractivity contribution in [2.45, 2.75) is 26.3 Å². The van der Waals surface area contributed by atoms with Crippen LogP contribution in [-0.2, 0) is 5.54 Å². The smallest absolute Gasteiger partial charge is 0.231 e. The summed E-state index contributed by atoms with van der Waals surface area (Å²) < 4.78 is 10.6. The molecule has 82 valence electrons. The minimum absolute atomic E-state index is 0.0320. The molecule has 1 aliphatic rings. The summed E-state index contributed by atoms with van der Waals surface area (Å²) in [5.74, 6) is 1.68. The van der Waals surface area contributed by atoms with Crippen LogP contribution in [-0.4, -0.2) is 13.3 Å². The lowest BCUT2D eigenvalue weighted by Crippen LogP contribution is -2.36. The van der Waals surface area contributed by atoms with E-state index < -0.39 is 0 Å². The van der Waals surface area contributed by atoms with Gasteiger partial charge in [-0.05, 0) is 38.1 Å². The molecule has 1 N–H and O–H groups in total. The van der Waals surface area contributed by atoms with Gasteiger partial charge in [0.25, 0.3) is 0 Å². The van der Waals surface area contributed by atoms with Crippen LogP contribution in [0.5, 0.6) is 11.5 Å². The maximum Gasteiger partial charge on any atom is 0.231 e. The van der Waals surface area contributed by atoms with Crippen molar-refractivity contribution in [1.29, 1.82) is 0 Å². The zero-order valence-electron chi connectivity index (χ0n) is 9.46. The molecule has 0 radical (unpaired) electrons. The topological polar surface area (TPSA) is 30.5 Å². The third-order valence-corrected chi connectivity index (χ3v) is 2.71. The van der Waals surface area contributed by atoms with Crippen LogP contribution in [0.2, 0.25) is 0 Å². The number of nitrogens with one attached hydrogen (secondary N) is 1. The van der Waals surface area contributed by atoms with E-state index in [1.54, 1.807) is 0 Å². The molecule has 0 spiro atoms. The van der Waals surface area contributed by atoms with E-state index in [1.165, 1.54) is 5.56 Å².